The summed E-state index contributed by atoms with van der Waals surface area (Å²) in [6.45, 7) is 0.312. The molecule has 0 bridgehead atoms. The molecule has 2 rings (SSSR count). The quantitative estimate of drug-likeness (QED) is 0.738. The van der Waals surface area contributed by atoms with Crippen LogP contribution in [0.25, 0.3) is 0 Å². The van der Waals surface area contributed by atoms with E-state index in [2.05, 4.69) is 5.10 Å². The van der Waals surface area contributed by atoms with Crippen molar-refractivity contribution in [2.24, 2.45) is 0 Å². The Labute approximate surface area is 86.1 Å². The summed E-state index contributed by atoms with van der Waals surface area (Å²) >= 11 is 0. The molecule has 0 saturated heterocycles. The predicted octanol–water partition coefficient (Wildman–Crippen LogP) is -0.144. The minimum absolute atomic E-state index is 0.297. The van der Waals surface area contributed by atoms with Crippen LogP contribution in [0.1, 0.15) is 25.1 Å². The van der Waals surface area contributed by atoms with Gasteiger partial charge in [0.25, 0.3) is 0 Å². The molecule has 6 heteroatoms. The number of aliphatic carboxylic acids is 1. The summed E-state index contributed by atoms with van der Waals surface area (Å²) in [6, 6.07) is 0. The third kappa shape index (κ3) is 1.93. The fourth-order valence-electron chi connectivity index (χ4n) is 1.86. The summed E-state index contributed by atoms with van der Waals surface area (Å²) in [5, 5.41) is 12.6. The van der Waals surface area contributed by atoms with Crippen LogP contribution in [0.3, 0.4) is 0 Å². The van der Waals surface area contributed by atoms with Crippen LogP contribution in [-0.4, -0.2) is 25.4 Å². The Hall–Kier alpha value is -1.59. The van der Waals surface area contributed by atoms with E-state index in [0.717, 1.165) is 36.2 Å². The first-order valence-corrected chi connectivity index (χ1v) is 5.07. The lowest BCUT2D eigenvalue weighted by Crippen LogP contribution is -2.27. The monoisotopic (exact) mass is 211 g/mol. The zero-order valence-corrected chi connectivity index (χ0v) is 8.35. The van der Waals surface area contributed by atoms with E-state index in [-0.39, 0.29) is 12.2 Å². The van der Waals surface area contributed by atoms with E-state index in [1.54, 1.807) is 4.57 Å². The highest BCUT2D eigenvalue weighted by Crippen LogP contribution is 2.09. The van der Waals surface area contributed by atoms with Gasteiger partial charge in [-0.3, -0.25) is 9.36 Å². The van der Waals surface area contributed by atoms with Crippen molar-refractivity contribution in [3.05, 3.63) is 16.3 Å². The second-order valence-corrected chi connectivity index (χ2v) is 3.71. The van der Waals surface area contributed by atoms with Crippen LogP contribution < -0.4 is 5.69 Å². The van der Waals surface area contributed by atoms with Crippen molar-refractivity contribution in [1.82, 2.24) is 14.3 Å². The van der Waals surface area contributed by atoms with Crippen LogP contribution >= 0.6 is 0 Å². The SMILES string of the molecule is O=C(O)Cn1nc2n(c1=O)CCCCC2. The Morgan fingerprint density at radius 2 is 2.20 bits per heavy atom. The Kier molecular flexibility index (Phi) is 2.57. The minimum atomic E-state index is -1.04. The van der Waals surface area contributed by atoms with E-state index in [0.29, 0.717) is 6.54 Å². The van der Waals surface area contributed by atoms with Crippen LogP contribution in [0.2, 0.25) is 0 Å². The second kappa shape index (κ2) is 3.88. The van der Waals surface area contributed by atoms with Gasteiger partial charge in [-0.2, -0.15) is 5.10 Å². The summed E-state index contributed by atoms with van der Waals surface area (Å²) < 4.78 is 2.62. The molecule has 0 radical (unpaired) electrons. The first-order valence-electron chi connectivity index (χ1n) is 5.07. The maximum Gasteiger partial charge on any atom is 0.346 e. The van der Waals surface area contributed by atoms with Crippen molar-refractivity contribution in [3.63, 3.8) is 0 Å². The average molecular weight is 211 g/mol. The molecule has 0 atom stereocenters. The van der Waals surface area contributed by atoms with Crippen molar-refractivity contribution >= 4 is 5.97 Å². The van der Waals surface area contributed by atoms with Crippen molar-refractivity contribution in [3.8, 4) is 0 Å². The topological polar surface area (TPSA) is 77.1 Å². The molecule has 1 aromatic rings. The largest absolute Gasteiger partial charge is 0.480 e. The summed E-state index contributed by atoms with van der Waals surface area (Å²) in [4.78, 5) is 22.2. The third-order valence-electron chi connectivity index (χ3n) is 2.57. The lowest BCUT2D eigenvalue weighted by molar-refractivity contribution is -0.137. The molecule has 15 heavy (non-hydrogen) atoms. The summed E-state index contributed by atoms with van der Waals surface area (Å²) in [6.07, 6.45) is 3.85. The van der Waals surface area contributed by atoms with E-state index in [9.17, 15) is 9.59 Å². The van der Waals surface area contributed by atoms with Crippen molar-refractivity contribution < 1.29 is 9.90 Å². The molecule has 0 amide bonds. The van der Waals surface area contributed by atoms with Gasteiger partial charge in [0.2, 0.25) is 0 Å². The van der Waals surface area contributed by atoms with Gasteiger partial charge in [-0.15, -0.1) is 0 Å². The minimum Gasteiger partial charge on any atom is -0.480 e. The summed E-state index contributed by atoms with van der Waals surface area (Å²) in [5.41, 5.74) is -0.297. The molecule has 0 fully saturated rings. The number of carboxylic acids is 1. The lowest BCUT2D eigenvalue weighted by Gasteiger charge is -1.96. The van der Waals surface area contributed by atoms with Gasteiger partial charge in [0.05, 0.1) is 0 Å². The van der Waals surface area contributed by atoms with Gasteiger partial charge in [-0.25, -0.2) is 9.48 Å². The molecule has 0 spiro atoms. The molecule has 0 unspecified atom stereocenters. The lowest BCUT2D eigenvalue weighted by atomic mass is 10.2. The average Bonchev–Trinajstić information content (AvgIpc) is 2.40. The summed E-state index contributed by atoms with van der Waals surface area (Å²) in [7, 11) is 0. The number of fused-ring (bicyclic) bond motifs is 1. The van der Waals surface area contributed by atoms with Gasteiger partial charge in [0.1, 0.15) is 12.4 Å². The van der Waals surface area contributed by atoms with E-state index in [1.807, 2.05) is 0 Å². The number of carbonyl (C=O) groups is 1. The molecule has 0 saturated carbocycles. The molecular formula is C9H13N3O3. The smallest absolute Gasteiger partial charge is 0.346 e. The van der Waals surface area contributed by atoms with Crippen LogP contribution in [0, 0.1) is 0 Å². The number of aryl methyl sites for hydroxylation is 1. The zero-order valence-electron chi connectivity index (χ0n) is 8.35. The van der Waals surface area contributed by atoms with Crippen molar-refractivity contribution in [2.45, 2.75) is 38.8 Å². The molecule has 1 N–H and O–H groups in total. The molecular weight excluding hydrogens is 198 g/mol. The summed E-state index contributed by atoms with van der Waals surface area (Å²) in [5.74, 6) is -0.316. The van der Waals surface area contributed by atoms with E-state index in [1.165, 1.54) is 0 Å². The van der Waals surface area contributed by atoms with Crippen molar-refractivity contribution in [2.75, 3.05) is 0 Å². The van der Waals surface area contributed by atoms with Crippen LogP contribution in [0.15, 0.2) is 4.79 Å². The number of carboxylic acid groups (broad SMARTS) is 1. The number of aromatic nitrogens is 3. The number of rotatable bonds is 2. The maximum atomic E-state index is 11.7. The van der Waals surface area contributed by atoms with Gasteiger partial charge in [0.15, 0.2) is 0 Å². The van der Waals surface area contributed by atoms with Crippen LogP contribution in [0.5, 0.6) is 0 Å². The molecule has 6 nitrogen and oxygen atoms in total. The normalized spacial score (nSPS) is 15.7. The van der Waals surface area contributed by atoms with E-state index < -0.39 is 5.97 Å². The van der Waals surface area contributed by atoms with Crippen molar-refractivity contribution in [1.29, 1.82) is 0 Å². The maximum absolute atomic E-state index is 11.7. The number of nitrogens with zero attached hydrogens (tertiary/aromatic N) is 3. The Bertz CT molecular complexity index is 432. The van der Waals surface area contributed by atoms with Gasteiger partial charge in [-0.05, 0) is 12.8 Å². The van der Waals surface area contributed by atoms with Gasteiger partial charge < -0.3 is 5.11 Å². The highest BCUT2D eigenvalue weighted by molar-refractivity contribution is 5.66. The third-order valence-corrected chi connectivity index (χ3v) is 2.57. The van der Waals surface area contributed by atoms with Gasteiger partial charge in [0, 0.05) is 13.0 Å². The Morgan fingerprint density at radius 3 is 2.93 bits per heavy atom. The van der Waals surface area contributed by atoms with E-state index in [4.69, 9.17) is 5.11 Å². The van der Waals surface area contributed by atoms with Crippen LogP contribution in [-0.2, 0) is 24.3 Å². The first-order chi connectivity index (χ1) is 7.18. The Balaban J connectivity index is 2.36. The molecule has 1 aliphatic heterocycles. The number of hydrogen-bond donors (Lipinski definition) is 1. The predicted molar refractivity (Wildman–Crippen MR) is 51.7 cm³/mol. The second-order valence-electron chi connectivity index (χ2n) is 3.71. The molecule has 82 valence electrons. The molecule has 0 aliphatic carbocycles. The fourth-order valence-corrected chi connectivity index (χ4v) is 1.86. The fraction of sp³-hybridized carbons (Fsp3) is 0.667. The molecule has 2 heterocycles. The van der Waals surface area contributed by atoms with Crippen LogP contribution in [0.4, 0.5) is 0 Å². The van der Waals surface area contributed by atoms with E-state index >= 15 is 0 Å². The van der Waals surface area contributed by atoms with Gasteiger partial charge >= 0.3 is 11.7 Å². The zero-order chi connectivity index (χ0) is 10.8. The molecule has 0 aromatic carbocycles. The number of hydrogen-bond acceptors (Lipinski definition) is 3. The van der Waals surface area contributed by atoms with Gasteiger partial charge in [-0.1, -0.05) is 6.42 Å². The molecule has 1 aliphatic rings. The standard InChI is InChI=1S/C9H13N3O3/c13-8(14)6-12-9(15)11-5-3-1-2-4-7(11)10-12/h1-6H2,(H,13,14). The Morgan fingerprint density at radius 1 is 1.40 bits per heavy atom. The highest BCUT2D eigenvalue weighted by Gasteiger charge is 2.16. The first kappa shape index (κ1) is 9.95. The molecule has 1 aromatic heterocycles. The highest BCUT2D eigenvalue weighted by atomic mass is 16.4.